The highest BCUT2D eigenvalue weighted by atomic mass is 35.5. The second-order valence-electron chi connectivity index (χ2n) is 6.14. The topological polar surface area (TPSA) is 58.6 Å². The van der Waals surface area contributed by atoms with Crippen molar-refractivity contribution in [1.29, 1.82) is 0 Å². The molecular weight excluding hydrogens is 352 g/mol. The van der Waals surface area contributed by atoms with E-state index in [0.717, 1.165) is 5.75 Å². The Labute approximate surface area is 158 Å². The van der Waals surface area contributed by atoms with Gasteiger partial charge in [0.2, 0.25) is 11.8 Å². The Morgan fingerprint density at radius 2 is 1.69 bits per heavy atom. The summed E-state index contributed by atoms with van der Waals surface area (Å²) in [6.07, 6.45) is 0.285. The number of rotatable bonds is 7. The molecule has 0 atom stereocenters. The third kappa shape index (κ3) is 6.08. The van der Waals surface area contributed by atoms with Crippen LogP contribution >= 0.6 is 11.6 Å². The molecule has 0 aliphatic carbocycles. The molecule has 0 aromatic heterocycles. The predicted molar refractivity (Wildman–Crippen MR) is 105 cm³/mol. The highest BCUT2D eigenvalue weighted by Crippen LogP contribution is 2.19. The first-order valence-corrected chi connectivity index (χ1v) is 8.83. The molecule has 1 N–H and O–H groups in total. The van der Waals surface area contributed by atoms with E-state index in [0.29, 0.717) is 16.4 Å². The van der Waals surface area contributed by atoms with Gasteiger partial charge in [0.05, 0.1) is 6.10 Å². The molecule has 138 valence electrons. The number of halogens is 1. The van der Waals surface area contributed by atoms with Crippen molar-refractivity contribution in [3.8, 4) is 5.75 Å². The normalized spacial score (nSPS) is 10.5. The quantitative estimate of drug-likeness (QED) is 0.775. The molecular formula is C20H23ClN2O3. The molecule has 6 heteroatoms. The standard InChI is InChI=1S/C20H23ClN2O3/c1-14(2)26-19-10-6-17(7-11-19)22-20(25)12-13-23(15(3)24)18-8-4-16(21)5-9-18/h4-11,14H,12-13H2,1-3H3,(H,22,25). The van der Waals surface area contributed by atoms with Crippen LogP contribution in [0.5, 0.6) is 5.75 Å². The van der Waals surface area contributed by atoms with Crippen molar-refractivity contribution in [2.45, 2.75) is 33.3 Å². The number of benzene rings is 2. The van der Waals surface area contributed by atoms with Crippen molar-refractivity contribution < 1.29 is 14.3 Å². The van der Waals surface area contributed by atoms with Crippen molar-refractivity contribution in [1.82, 2.24) is 0 Å². The largest absolute Gasteiger partial charge is 0.491 e. The number of ether oxygens (including phenoxy) is 1. The molecule has 2 amide bonds. The summed E-state index contributed by atoms with van der Waals surface area (Å²) in [6.45, 7) is 5.67. The number of carbonyl (C=O) groups excluding carboxylic acids is 2. The zero-order valence-corrected chi connectivity index (χ0v) is 15.9. The number of hydrogen-bond acceptors (Lipinski definition) is 3. The van der Waals surface area contributed by atoms with E-state index < -0.39 is 0 Å². The summed E-state index contributed by atoms with van der Waals surface area (Å²) in [6, 6.07) is 14.1. The number of nitrogens with one attached hydrogen (secondary N) is 1. The zero-order chi connectivity index (χ0) is 19.1. The van der Waals surface area contributed by atoms with Crippen molar-refractivity contribution in [2.24, 2.45) is 0 Å². The molecule has 0 saturated heterocycles. The molecule has 0 saturated carbocycles. The Kier molecular flexibility index (Phi) is 7.04. The van der Waals surface area contributed by atoms with E-state index in [2.05, 4.69) is 5.32 Å². The third-order valence-electron chi connectivity index (χ3n) is 3.59. The van der Waals surface area contributed by atoms with Gasteiger partial charge in [-0.2, -0.15) is 0 Å². The van der Waals surface area contributed by atoms with Crippen LogP contribution in [-0.4, -0.2) is 24.5 Å². The Morgan fingerprint density at radius 3 is 2.23 bits per heavy atom. The summed E-state index contributed by atoms with van der Waals surface area (Å²) in [7, 11) is 0. The van der Waals surface area contributed by atoms with Gasteiger partial charge in [-0.25, -0.2) is 0 Å². The Hall–Kier alpha value is -2.53. The SMILES string of the molecule is CC(=O)N(CCC(=O)Nc1ccc(OC(C)C)cc1)c1ccc(Cl)cc1. The van der Waals surface area contributed by atoms with E-state index in [1.165, 1.54) is 6.92 Å². The lowest BCUT2D eigenvalue weighted by Gasteiger charge is -2.21. The molecule has 0 aliphatic rings. The van der Waals surface area contributed by atoms with Gasteiger partial charge in [-0.1, -0.05) is 11.6 Å². The van der Waals surface area contributed by atoms with E-state index in [1.807, 2.05) is 26.0 Å². The maximum atomic E-state index is 12.2. The average Bonchev–Trinajstić information content (AvgIpc) is 2.57. The average molecular weight is 375 g/mol. The molecule has 0 heterocycles. The summed E-state index contributed by atoms with van der Waals surface area (Å²) in [5, 5.41) is 3.42. The molecule has 0 radical (unpaired) electrons. The second kappa shape index (κ2) is 9.25. The van der Waals surface area contributed by atoms with Crippen LogP contribution < -0.4 is 15.0 Å². The van der Waals surface area contributed by atoms with Crippen LogP contribution in [0.25, 0.3) is 0 Å². The Morgan fingerprint density at radius 1 is 1.08 bits per heavy atom. The van der Waals surface area contributed by atoms with E-state index in [1.54, 1.807) is 41.3 Å². The first-order valence-electron chi connectivity index (χ1n) is 8.45. The molecule has 26 heavy (non-hydrogen) atoms. The van der Waals surface area contributed by atoms with Gasteiger partial charge in [0.15, 0.2) is 0 Å². The van der Waals surface area contributed by atoms with Gasteiger partial charge in [0, 0.05) is 36.3 Å². The summed E-state index contributed by atoms with van der Waals surface area (Å²) in [5.41, 5.74) is 1.40. The fourth-order valence-corrected chi connectivity index (χ4v) is 2.54. The van der Waals surface area contributed by atoms with Crippen molar-refractivity contribution in [2.75, 3.05) is 16.8 Å². The second-order valence-corrected chi connectivity index (χ2v) is 6.57. The number of amides is 2. The smallest absolute Gasteiger partial charge is 0.226 e. The lowest BCUT2D eigenvalue weighted by Crippen LogP contribution is -2.31. The molecule has 0 bridgehead atoms. The van der Waals surface area contributed by atoms with E-state index >= 15 is 0 Å². The summed E-state index contributed by atoms with van der Waals surface area (Å²) in [5.74, 6) is 0.460. The molecule has 2 aromatic rings. The minimum absolute atomic E-state index is 0.0980. The lowest BCUT2D eigenvalue weighted by molar-refractivity contribution is -0.117. The van der Waals surface area contributed by atoms with Crippen LogP contribution in [0.4, 0.5) is 11.4 Å². The summed E-state index contributed by atoms with van der Waals surface area (Å²) in [4.78, 5) is 25.6. The van der Waals surface area contributed by atoms with Gasteiger partial charge in [0.1, 0.15) is 5.75 Å². The van der Waals surface area contributed by atoms with Crippen LogP contribution in [0.2, 0.25) is 5.02 Å². The third-order valence-corrected chi connectivity index (χ3v) is 3.84. The van der Waals surface area contributed by atoms with Gasteiger partial charge < -0.3 is 15.0 Å². The number of nitrogens with zero attached hydrogens (tertiary/aromatic N) is 1. The van der Waals surface area contributed by atoms with Gasteiger partial charge in [-0.15, -0.1) is 0 Å². The fourth-order valence-electron chi connectivity index (χ4n) is 2.42. The van der Waals surface area contributed by atoms with Crippen molar-refractivity contribution in [3.05, 3.63) is 53.6 Å². The highest BCUT2D eigenvalue weighted by molar-refractivity contribution is 6.30. The zero-order valence-electron chi connectivity index (χ0n) is 15.2. The van der Waals surface area contributed by atoms with E-state index in [-0.39, 0.29) is 30.9 Å². The Bertz CT molecular complexity index is 743. The number of anilines is 2. The van der Waals surface area contributed by atoms with Crippen LogP contribution in [0.3, 0.4) is 0 Å². The van der Waals surface area contributed by atoms with Gasteiger partial charge >= 0.3 is 0 Å². The monoisotopic (exact) mass is 374 g/mol. The van der Waals surface area contributed by atoms with Gasteiger partial charge in [-0.3, -0.25) is 9.59 Å². The number of carbonyl (C=O) groups is 2. The summed E-state index contributed by atoms with van der Waals surface area (Å²) < 4.78 is 5.57. The van der Waals surface area contributed by atoms with Gasteiger partial charge in [-0.05, 0) is 62.4 Å². The predicted octanol–water partition coefficient (Wildman–Crippen LogP) is 4.51. The van der Waals surface area contributed by atoms with Gasteiger partial charge in [0.25, 0.3) is 0 Å². The van der Waals surface area contributed by atoms with Crippen LogP contribution in [0.15, 0.2) is 48.5 Å². The molecule has 0 unspecified atom stereocenters. The molecule has 0 aliphatic heterocycles. The number of hydrogen-bond donors (Lipinski definition) is 1. The lowest BCUT2D eigenvalue weighted by atomic mass is 10.2. The fraction of sp³-hybridized carbons (Fsp3) is 0.300. The molecule has 0 fully saturated rings. The van der Waals surface area contributed by atoms with Crippen LogP contribution in [0, 0.1) is 0 Å². The first-order chi connectivity index (χ1) is 12.3. The molecule has 0 spiro atoms. The maximum Gasteiger partial charge on any atom is 0.226 e. The van der Waals surface area contributed by atoms with Crippen LogP contribution in [0.1, 0.15) is 27.2 Å². The van der Waals surface area contributed by atoms with E-state index in [9.17, 15) is 9.59 Å². The first kappa shape index (κ1) is 19.8. The molecule has 5 nitrogen and oxygen atoms in total. The molecule has 2 rings (SSSR count). The molecule has 2 aromatic carbocycles. The summed E-state index contributed by atoms with van der Waals surface area (Å²) >= 11 is 5.88. The highest BCUT2D eigenvalue weighted by Gasteiger charge is 2.13. The Balaban J connectivity index is 1.91. The van der Waals surface area contributed by atoms with Crippen LogP contribution in [-0.2, 0) is 9.59 Å². The minimum atomic E-state index is -0.164. The van der Waals surface area contributed by atoms with E-state index in [4.69, 9.17) is 16.3 Å². The van der Waals surface area contributed by atoms with Crippen molar-refractivity contribution >= 4 is 34.8 Å². The maximum absolute atomic E-state index is 12.2. The minimum Gasteiger partial charge on any atom is -0.491 e. The van der Waals surface area contributed by atoms with Crippen molar-refractivity contribution in [3.63, 3.8) is 0 Å².